The third kappa shape index (κ3) is 2.56. The second kappa shape index (κ2) is 5.44. The number of aromatic nitrogens is 5. The lowest BCUT2D eigenvalue weighted by molar-refractivity contribution is 0.767. The molecule has 2 aromatic rings. The van der Waals surface area contributed by atoms with Crippen molar-refractivity contribution >= 4 is 11.9 Å². The average Bonchev–Trinajstić information content (AvgIpc) is 3.09. The number of nitrogens with one attached hydrogen (secondary N) is 1. The smallest absolute Gasteiger partial charge is 0.230 e. The van der Waals surface area contributed by atoms with Gasteiger partial charge in [0, 0.05) is 32.9 Å². The Kier molecular flexibility index (Phi) is 3.49. The van der Waals surface area contributed by atoms with Gasteiger partial charge < -0.3 is 10.2 Å². The van der Waals surface area contributed by atoms with Crippen LogP contribution in [0.3, 0.4) is 0 Å². The standard InChI is InChI=1S/C13H19N7/c1-3-14-12-15-11(10-6-9-19(2)18-10)16-13(17-12)20-7-4-5-8-20/h6,9H,3-5,7-8H2,1-2H3,(H,14,15,16,17). The van der Waals surface area contributed by atoms with Gasteiger partial charge in [-0.1, -0.05) is 0 Å². The molecule has 20 heavy (non-hydrogen) atoms. The number of anilines is 2. The molecule has 1 aliphatic rings. The van der Waals surface area contributed by atoms with Crippen molar-refractivity contribution in [3.05, 3.63) is 12.3 Å². The second-order valence-electron chi connectivity index (χ2n) is 4.88. The van der Waals surface area contributed by atoms with Crippen molar-refractivity contribution in [1.29, 1.82) is 0 Å². The first-order valence-electron chi connectivity index (χ1n) is 7.01. The molecule has 7 heteroatoms. The summed E-state index contributed by atoms with van der Waals surface area (Å²) in [6, 6.07) is 1.92. The van der Waals surface area contributed by atoms with Crippen molar-refractivity contribution in [1.82, 2.24) is 24.7 Å². The summed E-state index contributed by atoms with van der Waals surface area (Å²) in [7, 11) is 1.89. The molecule has 1 N–H and O–H groups in total. The number of nitrogens with zero attached hydrogens (tertiary/aromatic N) is 6. The van der Waals surface area contributed by atoms with Gasteiger partial charge in [0.15, 0.2) is 5.82 Å². The van der Waals surface area contributed by atoms with Crippen LogP contribution in [0.4, 0.5) is 11.9 Å². The predicted octanol–water partition coefficient (Wildman–Crippen LogP) is 1.30. The van der Waals surface area contributed by atoms with Gasteiger partial charge in [-0.2, -0.15) is 20.1 Å². The third-order valence-electron chi connectivity index (χ3n) is 3.29. The number of aryl methyl sites for hydroxylation is 1. The molecule has 0 spiro atoms. The molecule has 3 heterocycles. The molecule has 0 atom stereocenters. The van der Waals surface area contributed by atoms with Gasteiger partial charge in [-0.15, -0.1) is 0 Å². The first-order chi connectivity index (χ1) is 9.76. The molecule has 7 nitrogen and oxygen atoms in total. The Morgan fingerprint density at radius 1 is 1.20 bits per heavy atom. The summed E-state index contributed by atoms with van der Waals surface area (Å²) in [5, 5.41) is 7.53. The van der Waals surface area contributed by atoms with E-state index in [1.54, 1.807) is 4.68 Å². The fraction of sp³-hybridized carbons (Fsp3) is 0.538. The summed E-state index contributed by atoms with van der Waals surface area (Å²) in [5.74, 6) is 1.98. The first kappa shape index (κ1) is 12.8. The largest absolute Gasteiger partial charge is 0.354 e. The predicted molar refractivity (Wildman–Crippen MR) is 77.6 cm³/mol. The molecule has 0 aromatic carbocycles. The Balaban J connectivity index is 1.99. The lowest BCUT2D eigenvalue weighted by atomic mass is 10.4. The van der Waals surface area contributed by atoms with Gasteiger partial charge in [-0.25, -0.2) is 0 Å². The van der Waals surface area contributed by atoms with Crippen LogP contribution in [0.2, 0.25) is 0 Å². The molecule has 0 amide bonds. The van der Waals surface area contributed by atoms with E-state index in [-0.39, 0.29) is 0 Å². The minimum Gasteiger partial charge on any atom is -0.354 e. The van der Waals surface area contributed by atoms with E-state index >= 15 is 0 Å². The van der Waals surface area contributed by atoms with E-state index in [2.05, 4.69) is 30.3 Å². The van der Waals surface area contributed by atoms with Gasteiger partial charge in [0.25, 0.3) is 0 Å². The average molecular weight is 273 g/mol. The quantitative estimate of drug-likeness (QED) is 0.905. The maximum atomic E-state index is 4.57. The lowest BCUT2D eigenvalue weighted by Gasteiger charge is -2.16. The highest BCUT2D eigenvalue weighted by Gasteiger charge is 2.18. The van der Waals surface area contributed by atoms with Crippen LogP contribution >= 0.6 is 0 Å². The van der Waals surface area contributed by atoms with E-state index < -0.39 is 0 Å². The third-order valence-corrected chi connectivity index (χ3v) is 3.29. The molecule has 0 saturated carbocycles. The summed E-state index contributed by atoms with van der Waals surface area (Å²) >= 11 is 0. The summed E-state index contributed by atoms with van der Waals surface area (Å²) in [4.78, 5) is 15.7. The molecule has 2 aromatic heterocycles. The van der Waals surface area contributed by atoms with Crippen molar-refractivity contribution in [2.75, 3.05) is 29.9 Å². The van der Waals surface area contributed by atoms with Crippen LogP contribution in [-0.4, -0.2) is 44.4 Å². The molecule has 1 fully saturated rings. The van der Waals surface area contributed by atoms with E-state index in [0.29, 0.717) is 11.8 Å². The van der Waals surface area contributed by atoms with E-state index in [1.807, 2.05) is 26.2 Å². The van der Waals surface area contributed by atoms with Crippen LogP contribution in [-0.2, 0) is 7.05 Å². The maximum Gasteiger partial charge on any atom is 0.230 e. The summed E-state index contributed by atoms with van der Waals surface area (Å²) in [6.07, 6.45) is 4.28. The lowest BCUT2D eigenvalue weighted by Crippen LogP contribution is -2.22. The molecule has 1 saturated heterocycles. The Morgan fingerprint density at radius 3 is 2.65 bits per heavy atom. The van der Waals surface area contributed by atoms with E-state index in [0.717, 1.165) is 31.3 Å². The van der Waals surface area contributed by atoms with Gasteiger partial charge in [-0.05, 0) is 25.8 Å². The fourth-order valence-corrected chi connectivity index (χ4v) is 2.31. The Bertz CT molecular complexity index is 586. The highest BCUT2D eigenvalue weighted by Crippen LogP contribution is 2.20. The zero-order valence-corrected chi connectivity index (χ0v) is 11.9. The van der Waals surface area contributed by atoms with Crippen molar-refractivity contribution in [3.8, 4) is 11.5 Å². The van der Waals surface area contributed by atoms with Crippen LogP contribution in [0.1, 0.15) is 19.8 Å². The van der Waals surface area contributed by atoms with E-state index in [9.17, 15) is 0 Å². The number of hydrogen-bond donors (Lipinski definition) is 1. The van der Waals surface area contributed by atoms with Crippen LogP contribution in [0, 0.1) is 0 Å². The van der Waals surface area contributed by atoms with E-state index in [1.165, 1.54) is 12.8 Å². The zero-order valence-electron chi connectivity index (χ0n) is 11.9. The Labute approximate surface area is 118 Å². The summed E-state index contributed by atoms with van der Waals surface area (Å²) in [6.45, 7) is 4.83. The van der Waals surface area contributed by atoms with Crippen molar-refractivity contribution in [2.45, 2.75) is 19.8 Å². The van der Waals surface area contributed by atoms with Crippen LogP contribution in [0.25, 0.3) is 11.5 Å². The minimum absolute atomic E-state index is 0.616. The van der Waals surface area contributed by atoms with Gasteiger partial charge in [0.1, 0.15) is 5.69 Å². The molecular formula is C13H19N7. The van der Waals surface area contributed by atoms with Crippen LogP contribution in [0.15, 0.2) is 12.3 Å². The first-order valence-corrected chi connectivity index (χ1v) is 7.01. The molecule has 0 aliphatic carbocycles. The van der Waals surface area contributed by atoms with Gasteiger partial charge in [-0.3, -0.25) is 4.68 Å². The Morgan fingerprint density at radius 2 is 2.00 bits per heavy atom. The van der Waals surface area contributed by atoms with Crippen LogP contribution < -0.4 is 10.2 Å². The number of rotatable bonds is 4. The van der Waals surface area contributed by atoms with Gasteiger partial charge in [0.05, 0.1) is 0 Å². The SMILES string of the molecule is CCNc1nc(-c2ccn(C)n2)nc(N2CCCC2)n1. The maximum absolute atomic E-state index is 4.57. The van der Waals surface area contributed by atoms with Gasteiger partial charge in [0.2, 0.25) is 11.9 Å². The highest BCUT2D eigenvalue weighted by atomic mass is 15.3. The van der Waals surface area contributed by atoms with Crippen molar-refractivity contribution < 1.29 is 0 Å². The summed E-state index contributed by atoms with van der Waals surface area (Å²) < 4.78 is 1.75. The highest BCUT2D eigenvalue weighted by molar-refractivity contribution is 5.53. The topological polar surface area (TPSA) is 71.8 Å². The fourth-order valence-electron chi connectivity index (χ4n) is 2.31. The molecule has 0 radical (unpaired) electrons. The monoisotopic (exact) mass is 273 g/mol. The van der Waals surface area contributed by atoms with Crippen LogP contribution in [0.5, 0.6) is 0 Å². The molecule has 3 rings (SSSR count). The normalized spacial score (nSPS) is 14.8. The molecular weight excluding hydrogens is 254 g/mol. The minimum atomic E-state index is 0.616. The molecule has 1 aliphatic heterocycles. The summed E-state index contributed by atoms with van der Waals surface area (Å²) in [5.41, 5.74) is 0.773. The Hall–Kier alpha value is -2.18. The molecule has 0 unspecified atom stereocenters. The molecule has 0 bridgehead atoms. The van der Waals surface area contributed by atoms with E-state index in [4.69, 9.17) is 0 Å². The number of hydrogen-bond acceptors (Lipinski definition) is 6. The van der Waals surface area contributed by atoms with Crippen molar-refractivity contribution in [3.63, 3.8) is 0 Å². The van der Waals surface area contributed by atoms with Crippen molar-refractivity contribution in [2.24, 2.45) is 7.05 Å². The van der Waals surface area contributed by atoms with Gasteiger partial charge >= 0.3 is 0 Å². The molecule has 106 valence electrons. The zero-order chi connectivity index (χ0) is 13.9. The second-order valence-corrected chi connectivity index (χ2v) is 4.88.